The molecule has 1 aliphatic carbocycles. The molecular formula is C18H28ClNO. The smallest absolute Gasteiger partial charge is 0.142 e. The maximum atomic E-state index is 6.37. The molecule has 3 unspecified atom stereocenters. The summed E-state index contributed by atoms with van der Waals surface area (Å²) in [5.41, 5.74) is 1.17. The molecule has 1 N–H and O–H groups in total. The van der Waals surface area contributed by atoms with Gasteiger partial charge in [-0.2, -0.15) is 0 Å². The third-order valence-electron chi connectivity index (χ3n) is 4.63. The van der Waals surface area contributed by atoms with Crippen molar-refractivity contribution in [3.05, 3.63) is 28.8 Å². The number of para-hydroxylation sites is 1. The fourth-order valence-electron chi connectivity index (χ4n) is 3.00. The molecule has 1 aromatic rings. The summed E-state index contributed by atoms with van der Waals surface area (Å²) >= 11 is 6.37. The molecule has 2 nitrogen and oxygen atoms in total. The lowest BCUT2D eigenvalue weighted by Gasteiger charge is -2.33. The fraction of sp³-hybridized carbons (Fsp3) is 0.667. The molecule has 0 aromatic heterocycles. The number of nitrogens with one attached hydrogen (secondary N) is 1. The van der Waals surface area contributed by atoms with Crippen molar-refractivity contribution in [2.45, 2.75) is 59.1 Å². The zero-order valence-corrected chi connectivity index (χ0v) is 14.2. The summed E-state index contributed by atoms with van der Waals surface area (Å²) in [5, 5.41) is 4.17. The molecule has 0 amide bonds. The summed E-state index contributed by atoms with van der Waals surface area (Å²) in [6, 6.07) is 6.04. The highest BCUT2D eigenvalue weighted by atomic mass is 35.5. The molecule has 1 aromatic carbocycles. The largest absolute Gasteiger partial charge is 0.489 e. The van der Waals surface area contributed by atoms with E-state index in [0.29, 0.717) is 6.10 Å². The SMILES string of the molecule is CCCNCc1cccc(Cl)c1OC1CCC(C)C(C)C1. The molecule has 0 heterocycles. The van der Waals surface area contributed by atoms with E-state index >= 15 is 0 Å². The Morgan fingerprint density at radius 3 is 2.76 bits per heavy atom. The van der Waals surface area contributed by atoms with Gasteiger partial charge in [-0.25, -0.2) is 0 Å². The van der Waals surface area contributed by atoms with E-state index in [2.05, 4.69) is 32.2 Å². The van der Waals surface area contributed by atoms with Crippen LogP contribution in [0.1, 0.15) is 52.0 Å². The van der Waals surface area contributed by atoms with Crippen molar-refractivity contribution in [1.29, 1.82) is 0 Å². The molecule has 1 saturated carbocycles. The second kappa shape index (κ2) is 8.05. The van der Waals surface area contributed by atoms with Gasteiger partial charge < -0.3 is 10.1 Å². The van der Waals surface area contributed by atoms with Gasteiger partial charge in [0, 0.05) is 12.1 Å². The Kier molecular flexibility index (Phi) is 6.38. The normalized spacial score (nSPS) is 25.8. The van der Waals surface area contributed by atoms with Gasteiger partial charge in [0.05, 0.1) is 11.1 Å². The second-order valence-corrected chi connectivity index (χ2v) is 6.82. The molecule has 0 saturated heterocycles. The molecule has 2 rings (SSSR count). The van der Waals surface area contributed by atoms with E-state index in [9.17, 15) is 0 Å². The van der Waals surface area contributed by atoms with Crippen LogP contribution in [0.3, 0.4) is 0 Å². The number of halogens is 1. The maximum Gasteiger partial charge on any atom is 0.142 e. The first kappa shape index (κ1) is 16.6. The molecule has 1 aliphatic rings. The van der Waals surface area contributed by atoms with Gasteiger partial charge in [-0.1, -0.05) is 44.5 Å². The predicted octanol–water partition coefficient (Wildman–Crippen LogP) is 5.04. The van der Waals surface area contributed by atoms with Crippen LogP contribution in [0.25, 0.3) is 0 Å². The molecule has 0 bridgehead atoms. The molecule has 0 radical (unpaired) electrons. The van der Waals surface area contributed by atoms with E-state index in [-0.39, 0.29) is 0 Å². The van der Waals surface area contributed by atoms with Crippen LogP contribution >= 0.6 is 11.6 Å². The zero-order valence-electron chi connectivity index (χ0n) is 13.5. The molecule has 3 atom stereocenters. The summed E-state index contributed by atoms with van der Waals surface area (Å²) < 4.78 is 6.29. The first-order valence-corrected chi connectivity index (χ1v) is 8.64. The van der Waals surface area contributed by atoms with E-state index in [1.807, 2.05) is 12.1 Å². The quantitative estimate of drug-likeness (QED) is 0.743. The summed E-state index contributed by atoms with van der Waals surface area (Å²) in [5.74, 6) is 2.42. The van der Waals surface area contributed by atoms with Gasteiger partial charge in [0.25, 0.3) is 0 Å². The van der Waals surface area contributed by atoms with E-state index < -0.39 is 0 Å². The van der Waals surface area contributed by atoms with Gasteiger partial charge in [0.15, 0.2) is 0 Å². The van der Waals surface area contributed by atoms with Gasteiger partial charge >= 0.3 is 0 Å². The molecule has 118 valence electrons. The second-order valence-electron chi connectivity index (χ2n) is 6.41. The highest BCUT2D eigenvalue weighted by molar-refractivity contribution is 6.32. The van der Waals surface area contributed by atoms with Gasteiger partial charge in [0.2, 0.25) is 0 Å². The van der Waals surface area contributed by atoms with Crippen LogP contribution < -0.4 is 10.1 Å². The number of hydrogen-bond acceptors (Lipinski definition) is 2. The van der Waals surface area contributed by atoms with Crippen LogP contribution in [0.4, 0.5) is 0 Å². The minimum absolute atomic E-state index is 0.307. The predicted molar refractivity (Wildman–Crippen MR) is 90.0 cm³/mol. The molecular weight excluding hydrogens is 282 g/mol. The molecule has 0 spiro atoms. The summed E-state index contributed by atoms with van der Waals surface area (Å²) in [7, 11) is 0. The lowest BCUT2D eigenvalue weighted by Crippen LogP contribution is -2.29. The van der Waals surface area contributed by atoms with E-state index in [1.165, 1.54) is 12.0 Å². The van der Waals surface area contributed by atoms with Gasteiger partial charge in [-0.3, -0.25) is 0 Å². The van der Waals surface area contributed by atoms with Gasteiger partial charge in [-0.05, 0) is 50.1 Å². The monoisotopic (exact) mass is 309 g/mol. The van der Waals surface area contributed by atoms with Crippen molar-refractivity contribution in [2.75, 3.05) is 6.54 Å². The Morgan fingerprint density at radius 1 is 1.24 bits per heavy atom. The van der Waals surface area contributed by atoms with Crippen molar-refractivity contribution >= 4 is 11.6 Å². The van der Waals surface area contributed by atoms with E-state index in [1.54, 1.807) is 0 Å². The van der Waals surface area contributed by atoms with Crippen LogP contribution in [0, 0.1) is 11.8 Å². The first-order chi connectivity index (χ1) is 10.1. The van der Waals surface area contributed by atoms with Crippen LogP contribution in [0.5, 0.6) is 5.75 Å². The zero-order chi connectivity index (χ0) is 15.2. The Bertz CT molecular complexity index is 449. The van der Waals surface area contributed by atoms with Gasteiger partial charge in [-0.15, -0.1) is 0 Å². The molecule has 21 heavy (non-hydrogen) atoms. The average Bonchev–Trinajstić information content (AvgIpc) is 2.46. The van der Waals surface area contributed by atoms with Crippen molar-refractivity contribution in [3.63, 3.8) is 0 Å². The van der Waals surface area contributed by atoms with E-state index in [0.717, 1.165) is 55.0 Å². The number of benzene rings is 1. The lowest BCUT2D eigenvalue weighted by molar-refractivity contribution is 0.0997. The van der Waals surface area contributed by atoms with Crippen LogP contribution in [0.2, 0.25) is 5.02 Å². The Hall–Kier alpha value is -0.730. The van der Waals surface area contributed by atoms with Crippen molar-refractivity contribution in [2.24, 2.45) is 11.8 Å². The number of hydrogen-bond donors (Lipinski definition) is 1. The molecule has 0 aliphatic heterocycles. The third kappa shape index (κ3) is 4.62. The highest BCUT2D eigenvalue weighted by Gasteiger charge is 2.26. The topological polar surface area (TPSA) is 21.3 Å². The lowest BCUT2D eigenvalue weighted by atomic mass is 9.80. The first-order valence-electron chi connectivity index (χ1n) is 8.26. The van der Waals surface area contributed by atoms with Crippen LogP contribution in [0.15, 0.2) is 18.2 Å². The number of ether oxygens (including phenoxy) is 1. The average molecular weight is 310 g/mol. The van der Waals surface area contributed by atoms with Crippen molar-refractivity contribution < 1.29 is 4.74 Å². The molecule has 3 heteroatoms. The van der Waals surface area contributed by atoms with Crippen LogP contribution in [-0.2, 0) is 6.54 Å². The highest BCUT2D eigenvalue weighted by Crippen LogP contribution is 2.35. The number of rotatable bonds is 6. The van der Waals surface area contributed by atoms with Crippen molar-refractivity contribution in [1.82, 2.24) is 5.32 Å². The summed E-state index contributed by atoms with van der Waals surface area (Å²) in [6.07, 6.45) is 4.96. The Labute approximate surface area is 134 Å². The molecule has 1 fully saturated rings. The van der Waals surface area contributed by atoms with Crippen LogP contribution in [-0.4, -0.2) is 12.6 Å². The minimum atomic E-state index is 0.307. The third-order valence-corrected chi connectivity index (χ3v) is 4.92. The van der Waals surface area contributed by atoms with Gasteiger partial charge in [0.1, 0.15) is 5.75 Å². The standard InChI is InChI=1S/C18H28ClNO/c1-4-10-20-12-15-6-5-7-17(19)18(15)21-16-9-8-13(2)14(3)11-16/h5-7,13-14,16,20H,4,8-12H2,1-3H3. The minimum Gasteiger partial charge on any atom is -0.489 e. The summed E-state index contributed by atoms with van der Waals surface area (Å²) in [6.45, 7) is 8.69. The Morgan fingerprint density at radius 2 is 2.05 bits per heavy atom. The fourth-order valence-corrected chi connectivity index (χ4v) is 3.24. The Balaban J connectivity index is 2.04. The maximum absolute atomic E-state index is 6.37. The summed E-state index contributed by atoms with van der Waals surface area (Å²) in [4.78, 5) is 0. The van der Waals surface area contributed by atoms with E-state index in [4.69, 9.17) is 16.3 Å². The van der Waals surface area contributed by atoms with Crippen molar-refractivity contribution in [3.8, 4) is 5.75 Å².